The lowest BCUT2D eigenvalue weighted by Gasteiger charge is -2.12. The zero-order valence-corrected chi connectivity index (χ0v) is 11.9. The van der Waals surface area contributed by atoms with E-state index in [-0.39, 0.29) is 0 Å². The highest BCUT2D eigenvalue weighted by Gasteiger charge is 2.11. The molecule has 0 aliphatic carbocycles. The Labute approximate surface area is 112 Å². The molecule has 1 atom stereocenters. The topological polar surface area (TPSA) is 21.3 Å². The Bertz CT molecular complexity index is 367. The van der Waals surface area contributed by atoms with Crippen molar-refractivity contribution in [1.29, 1.82) is 0 Å². The van der Waals surface area contributed by atoms with Crippen molar-refractivity contribution in [1.82, 2.24) is 5.32 Å². The van der Waals surface area contributed by atoms with Crippen LogP contribution in [-0.2, 0) is 12.8 Å². The molecule has 3 heteroatoms. The summed E-state index contributed by atoms with van der Waals surface area (Å²) in [5.41, 5.74) is 2.78. The van der Waals surface area contributed by atoms with Gasteiger partial charge in [-0.15, -0.1) is 0 Å². The van der Waals surface area contributed by atoms with Crippen molar-refractivity contribution >= 4 is 15.9 Å². The van der Waals surface area contributed by atoms with Gasteiger partial charge in [0.15, 0.2) is 0 Å². The molecule has 94 valence electrons. The van der Waals surface area contributed by atoms with Gasteiger partial charge in [0.05, 0.1) is 6.61 Å². The van der Waals surface area contributed by atoms with Crippen LogP contribution in [0.2, 0.25) is 0 Å². The van der Waals surface area contributed by atoms with Crippen LogP contribution in [0.1, 0.15) is 24.5 Å². The third-order valence-electron chi connectivity index (χ3n) is 3.20. The number of alkyl halides is 1. The summed E-state index contributed by atoms with van der Waals surface area (Å²) < 4.78 is 5.51. The third-order valence-corrected chi connectivity index (χ3v) is 3.66. The second-order valence-electron chi connectivity index (χ2n) is 4.62. The molecule has 0 saturated heterocycles. The highest BCUT2D eigenvalue weighted by molar-refractivity contribution is 9.09. The molecule has 2 nitrogen and oxygen atoms in total. The van der Waals surface area contributed by atoms with Crippen molar-refractivity contribution in [3.05, 3.63) is 29.3 Å². The zero-order chi connectivity index (χ0) is 12.1. The molecule has 1 unspecified atom stereocenters. The molecule has 0 bridgehead atoms. The quantitative estimate of drug-likeness (QED) is 0.815. The number of ether oxygens (including phenoxy) is 1. The van der Waals surface area contributed by atoms with E-state index in [2.05, 4.69) is 46.4 Å². The molecule has 0 saturated carbocycles. The molecule has 0 radical (unpaired) electrons. The van der Waals surface area contributed by atoms with Crippen molar-refractivity contribution in [2.45, 2.75) is 32.2 Å². The first kappa shape index (κ1) is 12.9. The average Bonchev–Trinajstić information content (AvgIpc) is 2.76. The first-order chi connectivity index (χ1) is 8.29. The molecule has 1 heterocycles. The smallest absolute Gasteiger partial charge is 0.122 e. The molecule has 1 aromatic rings. The summed E-state index contributed by atoms with van der Waals surface area (Å²) in [4.78, 5) is 0. The van der Waals surface area contributed by atoms with Crippen LogP contribution in [0.15, 0.2) is 18.2 Å². The second-order valence-corrected chi connectivity index (χ2v) is 5.42. The fourth-order valence-corrected chi connectivity index (χ4v) is 2.81. The van der Waals surface area contributed by atoms with Gasteiger partial charge in [-0.1, -0.05) is 28.1 Å². The van der Waals surface area contributed by atoms with Crippen molar-refractivity contribution in [2.75, 3.05) is 18.5 Å². The van der Waals surface area contributed by atoms with Crippen molar-refractivity contribution in [3.63, 3.8) is 0 Å². The van der Waals surface area contributed by atoms with Crippen LogP contribution >= 0.6 is 15.9 Å². The van der Waals surface area contributed by atoms with Gasteiger partial charge in [-0.3, -0.25) is 0 Å². The Morgan fingerprint density at radius 1 is 1.47 bits per heavy atom. The van der Waals surface area contributed by atoms with E-state index in [0.29, 0.717) is 6.04 Å². The summed E-state index contributed by atoms with van der Waals surface area (Å²) in [7, 11) is 0. The van der Waals surface area contributed by atoms with Crippen molar-refractivity contribution < 1.29 is 4.74 Å². The van der Waals surface area contributed by atoms with Crippen molar-refractivity contribution in [3.8, 4) is 5.75 Å². The lowest BCUT2D eigenvalue weighted by atomic mass is 10.1. The van der Waals surface area contributed by atoms with Gasteiger partial charge < -0.3 is 10.1 Å². The fourth-order valence-electron chi connectivity index (χ4n) is 2.12. The number of rotatable bonds is 6. The Balaban J connectivity index is 1.79. The summed E-state index contributed by atoms with van der Waals surface area (Å²) in [5, 5.41) is 4.61. The van der Waals surface area contributed by atoms with E-state index in [9.17, 15) is 0 Å². The monoisotopic (exact) mass is 297 g/mol. The normalized spacial score (nSPS) is 15.4. The van der Waals surface area contributed by atoms with Crippen LogP contribution in [-0.4, -0.2) is 24.5 Å². The molecule has 1 aliphatic heterocycles. The van der Waals surface area contributed by atoms with Gasteiger partial charge in [-0.2, -0.15) is 0 Å². The lowest BCUT2D eigenvalue weighted by Crippen LogP contribution is -2.28. The number of nitrogens with one attached hydrogen (secondary N) is 1. The first-order valence-corrected chi connectivity index (χ1v) is 7.45. The number of halogens is 1. The van der Waals surface area contributed by atoms with Crippen LogP contribution in [0.4, 0.5) is 0 Å². The molecular formula is C14H20BrNO. The minimum Gasteiger partial charge on any atom is -0.493 e. The average molecular weight is 298 g/mol. The first-order valence-electron chi connectivity index (χ1n) is 6.33. The predicted molar refractivity (Wildman–Crippen MR) is 75.2 cm³/mol. The molecule has 17 heavy (non-hydrogen) atoms. The predicted octanol–water partition coefficient (Wildman–Crippen LogP) is 2.93. The van der Waals surface area contributed by atoms with Crippen LogP contribution in [0, 0.1) is 0 Å². The highest BCUT2D eigenvalue weighted by atomic mass is 79.9. The van der Waals surface area contributed by atoms with Gasteiger partial charge in [0.25, 0.3) is 0 Å². The SMILES string of the molecule is CC(CCBr)NCCc1ccc2c(c1)CCO2. The van der Waals surface area contributed by atoms with E-state index >= 15 is 0 Å². The Morgan fingerprint density at radius 3 is 3.18 bits per heavy atom. The molecule has 0 spiro atoms. The largest absolute Gasteiger partial charge is 0.493 e. The van der Waals surface area contributed by atoms with Gasteiger partial charge in [-0.05, 0) is 43.5 Å². The third kappa shape index (κ3) is 3.71. The molecule has 1 aromatic carbocycles. The van der Waals surface area contributed by atoms with Gasteiger partial charge in [-0.25, -0.2) is 0 Å². The van der Waals surface area contributed by atoms with E-state index in [1.807, 2.05) is 0 Å². The number of fused-ring (bicyclic) bond motifs is 1. The standard InChI is InChI=1S/C14H20BrNO/c1-11(4-7-15)16-8-5-12-2-3-14-13(10-12)6-9-17-14/h2-3,10-11,16H,4-9H2,1H3. The molecule has 0 aromatic heterocycles. The Kier molecular flexibility index (Phi) is 4.86. The Morgan fingerprint density at radius 2 is 2.35 bits per heavy atom. The molecular weight excluding hydrogens is 278 g/mol. The summed E-state index contributed by atoms with van der Waals surface area (Å²) in [6, 6.07) is 7.17. The van der Waals surface area contributed by atoms with Gasteiger partial charge in [0.2, 0.25) is 0 Å². The minimum absolute atomic E-state index is 0.590. The molecule has 2 rings (SSSR count). The second kappa shape index (κ2) is 6.41. The molecule has 1 N–H and O–H groups in total. The molecule has 0 fully saturated rings. The minimum atomic E-state index is 0.590. The van der Waals surface area contributed by atoms with E-state index in [1.165, 1.54) is 17.5 Å². The fraction of sp³-hybridized carbons (Fsp3) is 0.571. The van der Waals surface area contributed by atoms with Crippen molar-refractivity contribution in [2.24, 2.45) is 0 Å². The maximum absolute atomic E-state index is 5.51. The summed E-state index contributed by atoms with van der Waals surface area (Å²) in [6.07, 6.45) is 3.34. The van der Waals surface area contributed by atoms with Gasteiger partial charge in [0.1, 0.15) is 5.75 Å². The van der Waals surface area contributed by atoms with E-state index in [0.717, 1.165) is 37.1 Å². The highest BCUT2D eigenvalue weighted by Crippen LogP contribution is 2.25. The van der Waals surface area contributed by atoms with Crippen LogP contribution < -0.4 is 10.1 Å². The van der Waals surface area contributed by atoms with Crippen LogP contribution in [0.5, 0.6) is 5.75 Å². The van der Waals surface area contributed by atoms with E-state index in [1.54, 1.807) is 0 Å². The van der Waals surface area contributed by atoms with Crippen LogP contribution in [0.25, 0.3) is 0 Å². The number of benzene rings is 1. The Hall–Kier alpha value is -0.540. The number of hydrogen-bond donors (Lipinski definition) is 1. The zero-order valence-electron chi connectivity index (χ0n) is 10.3. The molecule has 1 aliphatic rings. The van der Waals surface area contributed by atoms with Crippen LogP contribution in [0.3, 0.4) is 0 Å². The molecule has 0 amide bonds. The number of hydrogen-bond acceptors (Lipinski definition) is 2. The summed E-state index contributed by atoms with van der Waals surface area (Å²) in [6.45, 7) is 4.13. The van der Waals surface area contributed by atoms with Gasteiger partial charge >= 0.3 is 0 Å². The summed E-state index contributed by atoms with van der Waals surface area (Å²) in [5.74, 6) is 1.08. The van der Waals surface area contributed by atoms with Gasteiger partial charge in [0, 0.05) is 17.8 Å². The van der Waals surface area contributed by atoms with E-state index in [4.69, 9.17) is 4.74 Å². The summed E-state index contributed by atoms with van der Waals surface area (Å²) >= 11 is 3.47. The lowest BCUT2D eigenvalue weighted by molar-refractivity contribution is 0.357. The maximum Gasteiger partial charge on any atom is 0.122 e. The van der Waals surface area contributed by atoms with E-state index < -0.39 is 0 Å². The maximum atomic E-state index is 5.51.